The lowest BCUT2D eigenvalue weighted by molar-refractivity contribution is -0.142. The number of aryl methyl sites for hydroxylation is 1. The predicted octanol–water partition coefficient (Wildman–Crippen LogP) is 2.53. The molecule has 26 heavy (non-hydrogen) atoms. The molecule has 2 rings (SSSR count). The standard InChI is InChI=1S/C19H28N2O5/c1-5-12(2)17(22)21-8-6-7-14(10-21)18(23)20(4)11-15-9-16(19(24)25)13(3)26-15/h9,12,14H,5-8,10-11H2,1-4H3,(H,24,25). The van der Waals surface area contributed by atoms with Gasteiger partial charge in [0.2, 0.25) is 11.8 Å². The molecule has 144 valence electrons. The number of rotatable bonds is 6. The van der Waals surface area contributed by atoms with Gasteiger partial charge < -0.3 is 19.3 Å². The number of carboxylic acids is 1. The number of nitrogens with zero attached hydrogens (tertiary/aromatic N) is 2. The highest BCUT2D eigenvalue weighted by atomic mass is 16.4. The Kier molecular flexibility index (Phi) is 6.45. The summed E-state index contributed by atoms with van der Waals surface area (Å²) < 4.78 is 5.45. The highest BCUT2D eigenvalue weighted by molar-refractivity contribution is 5.88. The van der Waals surface area contributed by atoms with Gasteiger partial charge >= 0.3 is 5.97 Å². The van der Waals surface area contributed by atoms with Gasteiger partial charge in [-0.05, 0) is 32.3 Å². The lowest BCUT2D eigenvalue weighted by Crippen LogP contribution is -2.47. The average molecular weight is 364 g/mol. The van der Waals surface area contributed by atoms with E-state index in [1.807, 2.05) is 13.8 Å². The summed E-state index contributed by atoms with van der Waals surface area (Å²) in [5, 5.41) is 9.09. The number of aromatic carboxylic acids is 1. The third kappa shape index (κ3) is 4.45. The van der Waals surface area contributed by atoms with Gasteiger partial charge in [-0.1, -0.05) is 13.8 Å². The van der Waals surface area contributed by atoms with Gasteiger partial charge in [0, 0.05) is 26.1 Å². The van der Waals surface area contributed by atoms with Crippen molar-refractivity contribution in [2.75, 3.05) is 20.1 Å². The van der Waals surface area contributed by atoms with Crippen molar-refractivity contribution < 1.29 is 23.9 Å². The lowest BCUT2D eigenvalue weighted by atomic mass is 9.95. The van der Waals surface area contributed by atoms with Gasteiger partial charge in [-0.25, -0.2) is 4.79 Å². The van der Waals surface area contributed by atoms with Gasteiger partial charge in [0.25, 0.3) is 0 Å². The second kappa shape index (κ2) is 8.38. The van der Waals surface area contributed by atoms with Crippen LogP contribution in [0.4, 0.5) is 0 Å². The molecule has 1 N–H and O–H groups in total. The summed E-state index contributed by atoms with van der Waals surface area (Å²) in [6.07, 6.45) is 2.36. The molecule has 2 unspecified atom stereocenters. The number of hydrogen-bond acceptors (Lipinski definition) is 4. The largest absolute Gasteiger partial charge is 0.478 e. The summed E-state index contributed by atoms with van der Waals surface area (Å²) in [7, 11) is 1.68. The molecule has 2 amide bonds. The quantitative estimate of drug-likeness (QED) is 0.837. The molecule has 7 nitrogen and oxygen atoms in total. The number of amides is 2. The molecule has 1 aromatic rings. The Balaban J connectivity index is 2.00. The molecule has 0 saturated carbocycles. The summed E-state index contributed by atoms with van der Waals surface area (Å²) in [6.45, 7) is 6.86. The van der Waals surface area contributed by atoms with E-state index >= 15 is 0 Å². The van der Waals surface area contributed by atoms with Crippen LogP contribution < -0.4 is 0 Å². The first-order chi connectivity index (χ1) is 12.2. The molecule has 2 atom stereocenters. The van der Waals surface area contributed by atoms with E-state index in [-0.39, 0.29) is 35.8 Å². The molecule has 7 heteroatoms. The SMILES string of the molecule is CCC(C)C(=O)N1CCCC(C(=O)N(C)Cc2cc(C(=O)O)c(C)o2)C1. The van der Waals surface area contributed by atoms with Gasteiger partial charge in [0.15, 0.2) is 0 Å². The lowest BCUT2D eigenvalue weighted by Gasteiger charge is -2.35. The maximum absolute atomic E-state index is 12.8. The van der Waals surface area contributed by atoms with Crippen LogP contribution in [0.3, 0.4) is 0 Å². The average Bonchev–Trinajstić information content (AvgIpc) is 3.00. The molecule has 1 aliphatic rings. The van der Waals surface area contributed by atoms with Gasteiger partial charge in [0.1, 0.15) is 17.1 Å². The van der Waals surface area contributed by atoms with Gasteiger partial charge in [0.05, 0.1) is 12.5 Å². The summed E-state index contributed by atoms with van der Waals surface area (Å²) >= 11 is 0. The van der Waals surface area contributed by atoms with E-state index in [9.17, 15) is 14.4 Å². The topological polar surface area (TPSA) is 91.1 Å². The number of hydrogen-bond donors (Lipinski definition) is 1. The summed E-state index contributed by atoms with van der Waals surface area (Å²) in [4.78, 5) is 39.6. The highest BCUT2D eigenvalue weighted by Crippen LogP contribution is 2.22. The molecule has 0 bridgehead atoms. The molecule has 1 fully saturated rings. The van der Waals surface area contributed by atoms with Crippen LogP contribution in [-0.2, 0) is 16.1 Å². The third-order valence-corrected chi connectivity index (χ3v) is 5.08. The molecule has 0 aromatic carbocycles. The number of piperidine rings is 1. The predicted molar refractivity (Wildman–Crippen MR) is 95.6 cm³/mol. The van der Waals surface area contributed by atoms with E-state index in [1.165, 1.54) is 6.07 Å². The van der Waals surface area contributed by atoms with Crippen molar-refractivity contribution in [3.63, 3.8) is 0 Å². The Morgan fingerprint density at radius 2 is 2.12 bits per heavy atom. The van der Waals surface area contributed by atoms with Crippen LogP contribution in [0, 0.1) is 18.8 Å². The van der Waals surface area contributed by atoms with Crippen molar-refractivity contribution >= 4 is 17.8 Å². The Morgan fingerprint density at radius 3 is 2.69 bits per heavy atom. The van der Waals surface area contributed by atoms with Crippen LogP contribution in [0.2, 0.25) is 0 Å². The summed E-state index contributed by atoms with van der Waals surface area (Å²) in [5.41, 5.74) is 0.115. The van der Waals surface area contributed by atoms with Crippen molar-refractivity contribution in [2.24, 2.45) is 11.8 Å². The van der Waals surface area contributed by atoms with Crippen LogP contribution in [0.15, 0.2) is 10.5 Å². The first-order valence-electron chi connectivity index (χ1n) is 9.10. The smallest absolute Gasteiger partial charge is 0.339 e. The highest BCUT2D eigenvalue weighted by Gasteiger charge is 2.31. The second-order valence-corrected chi connectivity index (χ2v) is 7.11. The summed E-state index contributed by atoms with van der Waals surface area (Å²) in [6, 6.07) is 1.46. The minimum Gasteiger partial charge on any atom is -0.478 e. The monoisotopic (exact) mass is 364 g/mol. The van der Waals surface area contributed by atoms with E-state index in [0.717, 1.165) is 19.3 Å². The fraction of sp³-hybridized carbons (Fsp3) is 0.632. The van der Waals surface area contributed by atoms with Gasteiger partial charge in [-0.3, -0.25) is 9.59 Å². The first-order valence-corrected chi connectivity index (χ1v) is 9.10. The zero-order valence-electron chi connectivity index (χ0n) is 15.9. The Bertz CT molecular complexity index is 681. The van der Waals surface area contributed by atoms with E-state index in [4.69, 9.17) is 9.52 Å². The van der Waals surface area contributed by atoms with Crippen LogP contribution in [0.25, 0.3) is 0 Å². The Morgan fingerprint density at radius 1 is 1.42 bits per heavy atom. The Hall–Kier alpha value is -2.31. The van der Waals surface area contributed by atoms with Gasteiger partial charge in [-0.2, -0.15) is 0 Å². The van der Waals surface area contributed by atoms with E-state index in [0.29, 0.717) is 24.6 Å². The number of likely N-dealkylation sites (tertiary alicyclic amines) is 1. The maximum atomic E-state index is 12.8. The van der Waals surface area contributed by atoms with Crippen molar-refractivity contribution in [3.05, 3.63) is 23.2 Å². The molecule has 1 aromatic heterocycles. The first kappa shape index (κ1) is 20.0. The number of carbonyl (C=O) groups is 3. The van der Waals surface area contributed by atoms with Crippen LogP contribution in [0.5, 0.6) is 0 Å². The van der Waals surface area contributed by atoms with E-state index < -0.39 is 5.97 Å². The number of furan rings is 1. The van der Waals surface area contributed by atoms with Crippen LogP contribution >= 0.6 is 0 Å². The fourth-order valence-electron chi connectivity index (χ4n) is 3.32. The fourth-order valence-corrected chi connectivity index (χ4v) is 3.32. The zero-order chi connectivity index (χ0) is 19.4. The van der Waals surface area contributed by atoms with Crippen molar-refractivity contribution in [3.8, 4) is 0 Å². The molecular weight excluding hydrogens is 336 g/mol. The molecule has 2 heterocycles. The van der Waals surface area contributed by atoms with E-state index in [1.54, 1.807) is 23.8 Å². The number of carboxylic acid groups (broad SMARTS) is 1. The molecule has 0 spiro atoms. The number of carbonyl (C=O) groups excluding carboxylic acids is 2. The minimum absolute atomic E-state index is 0.0258. The molecule has 1 saturated heterocycles. The minimum atomic E-state index is -1.04. The maximum Gasteiger partial charge on any atom is 0.339 e. The van der Waals surface area contributed by atoms with E-state index in [2.05, 4.69) is 0 Å². The Labute approximate surface area is 153 Å². The van der Waals surface area contributed by atoms with Crippen LogP contribution in [-0.4, -0.2) is 52.8 Å². The zero-order valence-corrected chi connectivity index (χ0v) is 15.9. The second-order valence-electron chi connectivity index (χ2n) is 7.11. The molecule has 0 aliphatic carbocycles. The third-order valence-electron chi connectivity index (χ3n) is 5.08. The van der Waals surface area contributed by atoms with Gasteiger partial charge in [-0.15, -0.1) is 0 Å². The summed E-state index contributed by atoms with van der Waals surface area (Å²) in [5.74, 6) is -0.453. The molecular formula is C19H28N2O5. The van der Waals surface area contributed by atoms with Crippen molar-refractivity contribution in [1.29, 1.82) is 0 Å². The van der Waals surface area contributed by atoms with Crippen LogP contribution in [0.1, 0.15) is 55.0 Å². The molecule has 1 aliphatic heterocycles. The van der Waals surface area contributed by atoms with Crippen molar-refractivity contribution in [1.82, 2.24) is 9.80 Å². The van der Waals surface area contributed by atoms with Crippen molar-refractivity contribution in [2.45, 2.75) is 46.6 Å². The molecule has 0 radical (unpaired) electrons. The normalized spacial score (nSPS) is 18.5.